The molecule has 2 aliphatic heterocycles. The molecule has 0 unspecified atom stereocenters. The molecular weight excluding hydrogens is 433 g/mol. The van der Waals surface area contributed by atoms with Gasteiger partial charge in [0, 0.05) is 28.6 Å². The highest BCUT2D eigenvalue weighted by Crippen LogP contribution is 2.38. The van der Waals surface area contributed by atoms with Crippen molar-refractivity contribution < 1.29 is 17.9 Å². The van der Waals surface area contributed by atoms with Gasteiger partial charge < -0.3 is 20.7 Å². The minimum atomic E-state index is -4.73. The average Bonchev–Trinajstić information content (AvgIpc) is 3.43. The Bertz CT molecular complexity index is 1270. The highest BCUT2D eigenvalue weighted by Gasteiger charge is 2.39. The number of ether oxygens (including phenoxy) is 1. The summed E-state index contributed by atoms with van der Waals surface area (Å²) in [5, 5.41) is 22.0. The molecule has 0 radical (unpaired) electrons. The summed E-state index contributed by atoms with van der Waals surface area (Å²) in [5.74, 6) is 0.279. The fourth-order valence-electron chi connectivity index (χ4n) is 4.74. The van der Waals surface area contributed by atoms with Gasteiger partial charge in [0.25, 0.3) is 0 Å². The molecule has 3 N–H and O–H groups in total. The third-order valence-corrected chi connectivity index (χ3v) is 6.31. The number of benzene rings is 2. The quantitative estimate of drug-likeness (QED) is 0.577. The topological polar surface area (TPSA) is 100 Å². The van der Waals surface area contributed by atoms with Gasteiger partial charge in [-0.2, -0.15) is 23.5 Å². The molecule has 2 saturated heterocycles. The lowest BCUT2D eigenvalue weighted by molar-refractivity contribution is -0.138. The van der Waals surface area contributed by atoms with Gasteiger partial charge in [0.15, 0.2) is 5.82 Å². The summed E-state index contributed by atoms with van der Waals surface area (Å²) >= 11 is 0. The van der Waals surface area contributed by atoms with Gasteiger partial charge in [0.05, 0.1) is 41.6 Å². The molecule has 170 valence electrons. The predicted molar refractivity (Wildman–Crippen MR) is 116 cm³/mol. The van der Waals surface area contributed by atoms with E-state index in [1.54, 1.807) is 6.07 Å². The fraction of sp³-hybridized carbons (Fsp3) is 0.348. The molecule has 2 aliphatic rings. The molecule has 0 spiro atoms. The molecule has 33 heavy (non-hydrogen) atoms. The van der Waals surface area contributed by atoms with Crippen LogP contribution in [-0.2, 0) is 10.9 Å². The summed E-state index contributed by atoms with van der Waals surface area (Å²) in [5.41, 5.74) is 6.10. The van der Waals surface area contributed by atoms with Crippen molar-refractivity contribution in [2.75, 3.05) is 23.4 Å². The Labute approximate surface area is 188 Å². The third kappa shape index (κ3) is 3.73. The molecule has 3 heterocycles. The van der Waals surface area contributed by atoms with E-state index in [0.29, 0.717) is 23.7 Å². The zero-order chi connectivity index (χ0) is 23.3. The van der Waals surface area contributed by atoms with Crippen LogP contribution >= 0.6 is 0 Å². The largest absolute Gasteiger partial charge is 0.418 e. The highest BCUT2D eigenvalue weighted by molar-refractivity contribution is 5.95. The number of aromatic nitrogens is 2. The molecule has 3 atom stereocenters. The Morgan fingerprint density at radius 1 is 1.24 bits per heavy atom. The van der Waals surface area contributed by atoms with Crippen molar-refractivity contribution in [3.63, 3.8) is 0 Å². The molecule has 1 aromatic heterocycles. The number of nitrogens with zero attached hydrogens (tertiary/aromatic N) is 4. The van der Waals surface area contributed by atoms with Crippen LogP contribution in [0.2, 0.25) is 0 Å². The summed E-state index contributed by atoms with van der Waals surface area (Å²) in [6.45, 7) is 3.30. The van der Waals surface area contributed by atoms with Gasteiger partial charge in [-0.1, -0.05) is 18.2 Å². The molecule has 2 bridgehead atoms. The van der Waals surface area contributed by atoms with Crippen LogP contribution in [0.15, 0.2) is 36.4 Å². The second kappa shape index (κ2) is 7.86. The molecule has 7 nitrogen and oxygen atoms in total. The van der Waals surface area contributed by atoms with E-state index in [1.165, 1.54) is 12.1 Å². The van der Waals surface area contributed by atoms with Gasteiger partial charge in [-0.3, -0.25) is 0 Å². The fourth-order valence-corrected chi connectivity index (χ4v) is 4.74. The Hall–Kier alpha value is -3.42. The molecule has 5 rings (SSSR count). The average molecular weight is 454 g/mol. The number of halogens is 3. The third-order valence-electron chi connectivity index (χ3n) is 6.31. The SMILES string of the molecule is Cc1nnc(N[C@H](N)c2cccc(C#N)c2C(F)(F)F)c2cc(N3C[C@H]4C[C@@H]3CO4)ccc12. The van der Waals surface area contributed by atoms with Crippen LogP contribution in [0.4, 0.5) is 24.7 Å². The number of morpholine rings is 1. The number of nitriles is 1. The summed E-state index contributed by atoms with van der Waals surface area (Å²) in [7, 11) is 0. The maximum atomic E-state index is 13.7. The first-order valence-electron chi connectivity index (χ1n) is 10.5. The number of alkyl halides is 3. The van der Waals surface area contributed by atoms with E-state index in [0.717, 1.165) is 30.1 Å². The maximum Gasteiger partial charge on any atom is 0.418 e. The van der Waals surface area contributed by atoms with E-state index in [2.05, 4.69) is 20.4 Å². The Balaban J connectivity index is 1.54. The predicted octanol–water partition coefficient (Wildman–Crippen LogP) is 3.88. The minimum absolute atomic E-state index is 0.224. The van der Waals surface area contributed by atoms with Crippen LogP contribution < -0.4 is 16.0 Å². The van der Waals surface area contributed by atoms with Gasteiger partial charge in [0.2, 0.25) is 0 Å². The summed E-state index contributed by atoms with van der Waals surface area (Å²) in [4.78, 5) is 2.28. The van der Waals surface area contributed by atoms with E-state index < -0.39 is 23.5 Å². The molecule has 0 aliphatic carbocycles. The number of rotatable bonds is 4. The van der Waals surface area contributed by atoms with Crippen LogP contribution in [0.5, 0.6) is 0 Å². The number of hydrogen-bond acceptors (Lipinski definition) is 7. The number of nitrogens with one attached hydrogen (secondary N) is 1. The van der Waals surface area contributed by atoms with E-state index in [1.807, 2.05) is 25.1 Å². The second-order valence-electron chi connectivity index (χ2n) is 8.36. The molecule has 3 aromatic rings. The van der Waals surface area contributed by atoms with E-state index in [9.17, 15) is 18.4 Å². The van der Waals surface area contributed by atoms with Crippen molar-refractivity contribution in [3.8, 4) is 6.07 Å². The van der Waals surface area contributed by atoms with Gasteiger partial charge in [0.1, 0.15) is 6.17 Å². The molecular formula is C23H21F3N6O. The summed E-state index contributed by atoms with van der Waals surface area (Å²) < 4.78 is 46.9. The van der Waals surface area contributed by atoms with Crippen LogP contribution in [0.1, 0.15) is 35.0 Å². The molecule has 0 saturated carbocycles. The smallest absolute Gasteiger partial charge is 0.374 e. The van der Waals surface area contributed by atoms with Crippen LogP contribution in [-0.4, -0.2) is 35.5 Å². The lowest BCUT2D eigenvalue weighted by atomic mass is 9.99. The zero-order valence-electron chi connectivity index (χ0n) is 17.7. The van der Waals surface area contributed by atoms with Crippen molar-refractivity contribution in [1.29, 1.82) is 5.26 Å². The number of aryl methyl sites for hydroxylation is 1. The molecule has 0 amide bonds. The number of fused-ring (bicyclic) bond motifs is 3. The summed E-state index contributed by atoms with van der Waals surface area (Å²) in [6, 6.07) is 11.6. The molecule has 2 fully saturated rings. The first-order chi connectivity index (χ1) is 15.8. The van der Waals surface area contributed by atoms with Gasteiger partial charge in [-0.15, -0.1) is 5.10 Å². The Morgan fingerprint density at radius 3 is 2.73 bits per heavy atom. The van der Waals surface area contributed by atoms with E-state index >= 15 is 0 Å². The summed E-state index contributed by atoms with van der Waals surface area (Å²) in [6.07, 6.45) is -4.78. The Kier molecular flexibility index (Phi) is 5.11. The normalized spacial score (nSPS) is 20.8. The standard InChI is InChI=1S/C23H21F3N6O/c1-12-17-6-5-14(32-10-16-7-15(32)11-33-16)8-19(17)22(31-30-12)29-21(28)18-4-2-3-13(9-27)20(18)23(24,25)26/h2-6,8,15-16,21H,7,10-11,28H2,1H3,(H,29,31)/t15-,16-,21+/m1/s1. The van der Waals surface area contributed by atoms with Crippen LogP contribution in [0, 0.1) is 18.3 Å². The van der Waals surface area contributed by atoms with Crippen molar-refractivity contribution in [3.05, 3.63) is 58.8 Å². The number of anilines is 2. The van der Waals surface area contributed by atoms with Gasteiger partial charge in [-0.05, 0) is 31.5 Å². The van der Waals surface area contributed by atoms with Crippen molar-refractivity contribution in [1.82, 2.24) is 10.2 Å². The zero-order valence-corrected chi connectivity index (χ0v) is 17.7. The maximum absolute atomic E-state index is 13.7. The monoisotopic (exact) mass is 454 g/mol. The molecule has 2 aromatic carbocycles. The van der Waals surface area contributed by atoms with Crippen LogP contribution in [0.3, 0.4) is 0 Å². The molecule has 10 heteroatoms. The second-order valence-corrected chi connectivity index (χ2v) is 8.36. The number of hydrogen-bond donors (Lipinski definition) is 2. The first-order valence-corrected chi connectivity index (χ1v) is 10.5. The van der Waals surface area contributed by atoms with E-state index in [-0.39, 0.29) is 17.5 Å². The first kappa shape index (κ1) is 21.4. The van der Waals surface area contributed by atoms with E-state index in [4.69, 9.17) is 10.5 Å². The minimum Gasteiger partial charge on any atom is -0.374 e. The van der Waals surface area contributed by atoms with Crippen molar-refractivity contribution >= 4 is 22.3 Å². The van der Waals surface area contributed by atoms with Crippen LogP contribution in [0.25, 0.3) is 10.8 Å². The van der Waals surface area contributed by atoms with Crippen molar-refractivity contribution in [2.45, 2.75) is 37.8 Å². The van der Waals surface area contributed by atoms with Crippen molar-refractivity contribution in [2.24, 2.45) is 5.73 Å². The van der Waals surface area contributed by atoms with Gasteiger partial charge >= 0.3 is 6.18 Å². The lowest BCUT2D eigenvalue weighted by Gasteiger charge is -2.29. The van der Waals surface area contributed by atoms with Gasteiger partial charge in [-0.25, -0.2) is 0 Å². The highest BCUT2D eigenvalue weighted by atomic mass is 19.4. The lowest BCUT2D eigenvalue weighted by Crippen LogP contribution is -2.36. The Morgan fingerprint density at radius 2 is 2.06 bits per heavy atom. The number of nitrogens with two attached hydrogens (primary N) is 1.